The van der Waals surface area contributed by atoms with Gasteiger partial charge in [0, 0.05) is 10.6 Å². The van der Waals surface area contributed by atoms with Gasteiger partial charge in [-0.15, -0.1) is 0 Å². The van der Waals surface area contributed by atoms with Crippen LogP contribution in [-0.2, 0) is 6.18 Å². The van der Waals surface area contributed by atoms with Crippen LogP contribution in [0.3, 0.4) is 0 Å². The fourth-order valence-corrected chi connectivity index (χ4v) is 1.52. The predicted molar refractivity (Wildman–Crippen MR) is 53.0 cm³/mol. The zero-order valence-electron chi connectivity index (χ0n) is 8.48. The number of ketones is 1. The highest BCUT2D eigenvalue weighted by molar-refractivity contribution is 6.31. The molecule has 0 N–H and O–H groups in total. The second-order valence-corrected chi connectivity index (χ2v) is 3.52. The molecule has 2 nitrogen and oxygen atoms in total. The topological polar surface area (TPSA) is 26.3 Å². The Labute approximate surface area is 95.0 Å². The van der Waals surface area contributed by atoms with Gasteiger partial charge in [-0.3, -0.25) is 4.79 Å². The molecule has 0 spiro atoms. The molecule has 1 aromatic carbocycles. The smallest absolute Gasteiger partial charge is 0.420 e. The van der Waals surface area contributed by atoms with E-state index in [-0.39, 0.29) is 5.02 Å². The monoisotopic (exact) mass is 252 g/mol. The van der Waals surface area contributed by atoms with Crippen LogP contribution < -0.4 is 4.74 Å². The molecule has 0 aliphatic carbocycles. The highest BCUT2D eigenvalue weighted by atomic mass is 35.5. The Morgan fingerprint density at radius 1 is 1.38 bits per heavy atom. The van der Waals surface area contributed by atoms with E-state index in [9.17, 15) is 18.0 Å². The first-order chi connectivity index (χ1) is 7.27. The van der Waals surface area contributed by atoms with Gasteiger partial charge in [0.2, 0.25) is 0 Å². The number of hydrogen-bond acceptors (Lipinski definition) is 2. The van der Waals surface area contributed by atoms with E-state index in [1.165, 1.54) is 0 Å². The lowest BCUT2D eigenvalue weighted by atomic mass is 10.0. The largest absolute Gasteiger partial charge is 0.496 e. The van der Waals surface area contributed by atoms with Gasteiger partial charge in [-0.25, -0.2) is 0 Å². The zero-order chi connectivity index (χ0) is 12.5. The Kier molecular flexibility index (Phi) is 3.48. The molecule has 1 rings (SSSR count). The number of methoxy groups -OCH3 is 1. The van der Waals surface area contributed by atoms with Crippen LogP contribution in [0.1, 0.15) is 22.8 Å². The summed E-state index contributed by atoms with van der Waals surface area (Å²) in [5.74, 6) is -1.17. The van der Waals surface area contributed by atoms with E-state index in [1.54, 1.807) is 0 Å². The van der Waals surface area contributed by atoms with Crippen LogP contribution in [0.25, 0.3) is 0 Å². The van der Waals surface area contributed by atoms with E-state index in [4.69, 9.17) is 11.6 Å². The third-order valence-corrected chi connectivity index (χ3v) is 2.17. The molecule has 16 heavy (non-hydrogen) atoms. The molecule has 0 aliphatic rings. The summed E-state index contributed by atoms with van der Waals surface area (Å²) in [5, 5.41) is 0.0232. The summed E-state index contributed by atoms with van der Waals surface area (Å²) in [4.78, 5) is 11.1. The van der Waals surface area contributed by atoms with E-state index in [0.717, 1.165) is 26.2 Å². The van der Waals surface area contributed by atoms with Crippen molar-refractivity contribution < 1.29 is 22.7 Å². The van der Waals surface area contributed by atoms with Gasteiger partial charge in [0.05, 0.1) is 7.11 Å². The minimum absolute atomic E-state index is 0.0232. The number of halogens is 4. The number of Topliss-reactive ketones (excluding diaryl/α,β-unsaturated/α-hetero) is 1. The number of alkyl halides is 3. The van der Waals surface area contributed by atoms with Crippen molar-refractivity contribution in [3.8, 4) is 5.75 Å². The number of carbonyl (C=O) groups excluding carboxylic acids is 1. The van der Waals surface area contributed by atoms with Crippen LogP contribution in [0.5, 0.6) is 5.75 Å². The lowest BCUT2D eigenvalue weighted by Gasteiger charge is -2.15. The third kappa shape index (κ3) is 2.47. The molecule has 0 radical (unpaired) electrons. The number of ether oxygens (including phenoxy) is 1. The van der Waals surface area contributed by atoms with Crippen molar-refractivity contribution in [2.24, 2.45) is 0 Å². The highest BCUT2D eigenvalue weighted by Gasteiger charge is 2.38. The lowest BCUT2D eigenvalue weighted by Crippen LogP contribution is -2.13. The molecule has 0 atom stereocenters. The normalized spacial score (nSPS) is 11.4. The van der Waals surface area contributed by atoms with E-state index in [0.29, 0.717) is 0 Å². The van der Waals surface area contributed by atoms with Crippen molar-refractivity contribution in [2.75, 3.05) is 7.11 Å². The SMILES string of the molecule is COc1cc(Cl)cc(C(C)=O)c1C(F)(F)F. The van der Waals surface area contributed by atoms with Crippen LogP contribution in [-0.4, -0.2) is 12.9 Å². The summed E-state index contributed by atoms with van der Waals surface area (Å²) in [6, 6.07) is 2.01. The van der Waals surface area contributed by atoms with Crippen LogP contribution in [0.4, 0.5) is 13.2 Å². The number of benzene rings is 1. The molecule has 0 saturated heterocycles. The molecule has 0 amide bonds. The molecule has 6 heteroatoms. The molecule has 1 aromatic rings. The molecular formula is C10H8ClF3O2. The minimum Gasteiger partial charge on any atom is -0.496 e. The summed E-state index contributed by atoms with van der Waals surface area (Å²) < 4.78 is 42.7. The van der Waals surface area contributed by atoms with Crippen molar-refractivity contribution in [3.05, 3.63) is 28.3 Å². The predicted octanol–water partition coefficient (Wildman–Crippen LogP) is 3.57. The summed E-state index contributed by atoms with van der Waals surface area (Å²) in [7, 11) is 1.09. The summed E-state index contributed by atoms with van der Waals surface area (Å²) in [5.41, 5.74) is -1.58. The molecular weight excluding hydrogens is 245 g/mol. The van der Waals surface area contributed by atoms with Crippen molar-refractivity contribution in [3.63, 3.8) is 0 Å². The number of carbonyl (C=O) groups is 1. The molecule has 0 heterocycles. The van der Waals surface area contributed by atoms with Gasteiger partial charge >= 0.3 is 6.18 Å². The van der Waals surface area contributed by atoms with Gasteiger partial charge in [-0.2, -0.15) is 13.2 Å². The molecule has 0 aliphatic heterocycles. The Hall–Kier alpha value is -1.23. The summed E-state index contributed by atoms with van der Waals surface area (Å²) in [6.07, 6.45) is -4.66. The quantitative estimate of drug-likeness (QED) is 0.752. The maximum atomic E-state index is 12.7. The van der Waals surface area contributed by atoms with Crippen molar-refractivity contribution in [2.45, 2.75) is 13.1 Å². The average Bonchev–Trinajstić information content (AvgIpc) is 2.14. The van der Waals surface area contributed by atoms with Gasteiger partial charge in [0.15, 0.2) is 5.78 Å². The Morgan fingerprint density at radius 3 is 2.31 bits per heavy atom. The first-order valence-electron chi connectivity index (χ1n) is 4.23. The Morgan fingerprint density at radius 2 is 1.94 bits per heavy atom. The molecule has 88 valence electrons. The number of rotatable bonds is 2. The molecule has 0 fully saturated rings. The van der Waals surface area contributed by atoms with Gasteiger partial charge < -0.3 is 4.74 Å². The second kappa shape index (κ2) is 4.33. The minimum atomic E-state index is -4.66. The highest BCUT2D eigenvalue weighted by Crippen LogP contribution is 2.40. The third-order valence-electron chi connectivity index (χ3n) is 1.95. The molecule has 0 unspecified atom stereocenters. The lowest BCUT2D eigenvalue weighted by molar-refractivity contribution is -0.139. The van der Waals surface area contributed by atoms with Crippen LogP contribution in [0.2, 0.25) is 5.02 Å². The van der Waals surface area contributed by atoms with E-state index < -0.39 is 28.8 Å². The van der Waals surface area contributed by atoms with Crippen molar-refractivity contribution in [1.82, 2.24) is 0 Å². The maximum Gasteiger partial charge on any atom is 0.420 e. The number of hydrogen-bond donors (Lipinski definition) is 0. The second-order valence-electron chi connectivity index (χ2n) is 3.08. The zero-order valence-corrected chi connectivity index (χ0v) is 9.24. The molecule has 0 aromatic heterocycles. The standard InChI is InChI=1S/C10H8ClF3O2/c1-5(15)7-3-6(11)4-8(16-2)9(7)10(12,13)14/h3-4H,1-2H3. The molecule has 0 saturated carbocycles. The van der Waals surface area contributed by atoms with Gasteiger partial charge in [0.1, 0.15) is 11.3 Å². The van der Waals surface area contributed by atoms with E-state index in [1.807, 2.05) is 0 Å². The van der Waals surface area contributed by atoms with E-state index >= 15 is 0 Å². The average molecular weight is 253 g/mol. The van der Waals surface area contributed by atoms with Gasteiger partial charge in [-0.1, -0.05) is 11.6 Å². The fraction of sp³-hybridized carbons (Fsp3) is 0.300. The van der Waals surface area contributed by atoms with Gasteiger partial charge in [-0.05, 0) is 19.1 Å². The Balaban J connectivity index is 3.58. The van der Waals surface area contributed by atoms with Crippen LogP contribution in [0, 0.1) is 0 Å². The van der Waals surface area contributed by atoms with Crippen molar-refractivity contribution >= 4 is 17.4 Å². The van der Waals surface area contributed by atoms with Crippen LogP contribution >= 0.6 is 11.6 Å². The fourth-order valence-electron chi connectivity index (χ4n) is 1.31. The Bertz CT molecular complexity index is 427. The van der Waals surface area contributed by atoms with Crippen LogP contribution in [0.15, 0.2) is 12.1 Å². The van der Waals surface area contributed by atoms with Crippen molar-refractivity contribution in [1.29, 1.82) is 0 Å². The maximum absolute atomic E-state index is 12.7. The first-order valence-corrected chi connectivity index (χ1v) is 4.61. The van der Waals surface area contributed by atoms with Gasteiger partial charge in [0.25, 0.3) is 0 Å². The summed E-state index contributed by atoms with van der Waals surface area (Å²) in [6.45, 7) is 1.04. The first kappa shape index (κ1) is 12.8. The van der Waals surface area contributed by atoms with E-state index in [2.05, 4.69) is 4.74 Å². The molecule has 0 bridgehead atoms. The summed E-state index contributed by atoms with van der Waals surface area (Å²) >= 11 is 5.60.